The van der Waals surface area contributed by atoms with Gasteiger partial charge in [0.15, 0.2) is 9.50 Å². The molecular weight excluding hydrogens is 294 g/mol. The number of carbonyl (C=O) groups is 1. The summed E-state index contributed by atoms with van der Waals surface area (Å²) in [5, 5.41) is 9.45. The Morgan fingerprint density at radius 1 is 1.30 bits per heavy atom. The van der Waals surface area contributed by atoms with Crippen LogP contribution in [0, 0.1) is 6.92 Å². The molecule has 1 N–H and O–H groups in total. The molecule has 0 radical (unpaired) electrons. The first-order chi connectivity index (χ1) is 9.63. The Kier molecular flexibility index (Phi) is 3.37. The molecule has 0 spiro atoms. The van der Waals surface area contributed by atoms with Crippen molar-refractivity contribution < 1.29 is 9.90 Å². The zero-order valence-corrected chi connectivity index (χ0v) is 12.0. The molecule has 1 aromatic carbocycles. The highest BCUT2D eigenvalue weighted by Gasteiger charge is 2.12. The first kappa shape index (κ1) is 13.0. The minimum atomic E-state index is -1.01. The predicted octanol–water partition coefficient (Wildman–Crippen LogP) is 3.24. The molecule has 0 fully saturated rings. The molecule has 0 aliphatic heterocycles. The van der Waals surface area contributed by atoms with Gasteiger partial charge >= 0.3 is 5.97 Å². The summed E-state index contributed by atoms with van der Waals surface area (Å²) < 4.78 is 1.95. The van der Waals surface area contributed by atoms with Gasteiger partial charge in [-0.2, -0.15) is 0 Å². The Bertz CT molecular complexity index is 768. The van der Waals surface area contributed by atoms with Gasteiger partial charge in [-0.25, -0.2) is 19.7 Å². The van der Waals surface area contributed by atoms with Crippen LogP contribution in [-0.4, -0.2) is 26.0 Å². The van der Waals surface area contributed by atoms with Gasteiger partial charge in [0, 0.05) is 6.20 Å². The van der Waals surface area contributed by atoms with Crippen molar-refractivity contribution in [1.29, 1.82) is 0 Å². The smallest absolute Gasteiger partial charge is 0.339 e. The Labute approximate surface area is 122 Å². The lowest BCUT2D eigenvalue weighted by Gasteiger charge is -2.01. The molecule has 0 saturated carbocycles. The topological polar surface area (TPSA) is 76.0 Å². The van der Waals surface area contributed by atoms with Crippen molar-refractivity contribution in [3.8, 4) is 0 Å². The van der Waals surface area contributed by atoms with Crippen LogP contribution < -0.4 is 0 Å². The maximum Gasteiger partial charge on any atom is 0.339 e. The first-order valence-electron chi connectivity index (χ1n) is 5.74. The van der Waals surface area contributed by atoms with Gasteiger partial charge < -0.3 is 5.11 Å². The van der Waals surface area contributed by atoms with Crippen LogP contribution in [0.25, 0.3) is 10.2 Å². The van der Waals surface area contributed by atoms with Gasteiger partial charge in [0.05, 0.1) is 21.5 Å². The Hall–Kier alpha value is -1.99. The van der Waals surface area contributed by atoms with E-state index in [1.165, 1.54) is 18.0 Å². The molecule has 3 aromatic rings. The maximum absolute atomic E-state index is 10.9. The normalized spacial score (nSPS) is 10.8. The van der Waals surface area contributed by atoms with Crippen LogP contribution in [-0.2, 0) is 0 Å². The number of para-hydroxylation sites is 1. The third kappa shape index (κ3) is 2.50. The zero-order valence-electron chi connectivity index (χ0n) is 10.4. The number of aryl methyl sites for hydroxylation is 1. The van der Waals surface area contributed by atoms with Crippen LogP contribution in [0.15, 0.2) is 40.0 Å². The zero-order chi connectivity index (χ0) is 14.1. The SMILES string of the molecule is Cc1nc(Sc2nc3ccccc3s2)ncc1C(=O)O. The first-order valence-corrected chi connectivity index (χ1v) is 7.37. The fraction of sp³-hybridized carbons (Fsp3) is 0.0769. The molecule has 0 unspecified atom stereocenters. The van der Waals surface area contributed by atoms with Crippen molar-refractivity contribution >= 4 is 39.3 Å². The quantitative estimate of drug-likeness (QED) is 0.749. The van der Waals surface area contributed by atoms with E-state index in [0.717, 1.165) is 14.6 Å². The molecule has 0 bridgehead atoms. The largest absolute Gasteiger partial charge is 0.478 e. The van der Waals surface area contributed by atoms with E-state index in [1.54, 1.807) is 18.3 Å². The van der Waals surface area contributed by atoms with Gasteiger partial charge in [0.2, 0.25) is 0 Å². The summed E-state index contributed by atoms with van der Waals surface area (Å²) in [6, 6.07) is 7.88. The standard InChI is InChI=1S/C13H9N3O2S2/c1-7-8(11(17)18)6-14-12(15-7)20-13-16-9-4-2-3-5-10(9)19-13/h2-6H,1H3,(H,17,18). The van der Waals surface area contributed by atoms with E-state index in [9.17, 15) is 4.79 Å². The van der Waals surface area contributed by atoms with Crippen molar-refractivity contribution in [2.24, 2.45) is 0 Å². The molecular formula is C13H9N3O2S2. The van der Waals surface area contributed by atoms with Crippen molar-refractivity contribution in [3.05, 3.63) is 41.7 Å². The second-order valence-corrected chi connectivity index (χ2v) is 6.25. The minimum absolute atomic E-state index is 0.124. The van der Waals surface area contributed by atoms with E-state index in [4.69, 9.17) is 5.11 Å². The molecule has 7 heteroatoms. The Morgan fingerprint density at radius 3 is 2.80 bits per heavy atom. The van der Waals surface area contributed by atoms with E-state index >= 15 is 0 Å². The van der Waals surface area contributed by atoms with Crippen LogP contribution >= 0.6 is 23.1 Å². The fourth-order valence-electron chi connectivity index (χ4n) is 1.68. The average molecular weight is 303 g/mol. The van der Waals surface area contributed by atoms with Crippen molar-refractivity contribution in [3.63, 3.8) is 0 Å². The van der Waals surface area contributed by atoms with Gasteiger partial charge in [0.1, 0.15) is 0 Å². The molecule has 0 aliphatic carbocycles. The van der Waals surface area contributed by atoms with Crippen LogP contribution in [0.2, 0.25) is 0 Å². The molecule has 0 atom stereocenters. The number of aromatic nitrogens is 3. The number of benzene rings is 1. The Balaban J connectivity index is 1.90. The number of aromatic carboxylic acids is 1. The molecule has 2 aromatic heterocycles. The number of thiazole rings is 1. The molecule has 3 rings (SSSR count). The van der Waals surface area contributed by atoms with Gasteiger partial charge in [-0.3, -0.25) is 0 Å². The van der Waals surface area contributed by atoms with E-state index in [0.29, 0.717) is 10.9 Å². The van der Waals surface area contributed by atoms with Crippen LogP contribution in [0.3, 0.4) is 0 Å². The lowest BCUT2D eigenvalue weighted by Crippen LogP contribution is -2.03. The van der Waals surface area contributed by atoms with Crippen molar-refractivity contribution in [1.82, 2.24) is 15.0 Å². The highest BCUT2D eigenvalue weighted by Crippen LogP contribution is 2.32. The van der Waals surface area contributed by atoms with Crippen molar-refractivity contribution in [2.75, 3.05) is 0 Å². The van der Waals surface area contributed by atoms with Gasteiger partial charge in [0.25, 0.3) is 0 Å². The number of nitrogens with zero attached hydrogens (tertiary/aromatic N) is 3. The number of carboxylic acids is 1. The molecule has 0 amide bonds. The minimum Gasteiger partial charge on any atom is -0.478 e. The van der Waals surface area contributed by atoms with Crippen LogP contribution in [0.4, 0.5) is 0 Å². The summed E-state index contributed by atoms with van der Waals surface area (Å²) in [7, 11) is 0. The lowest BCUT2D eigenvalue weighted by atomic mass is 10.2. The van der Waals surface area contributed by atoms with Crippen LogP contribution in [0.5, 0.6) is 0 Å². The third-order valence-electron chi connectivity index (χ3n) is 2.64. The number of hydrogen-bond donors (Lipinski definition) is 1. The highest BCUT2D eigenvalue weighted by molar-refractivity contribution is 8.01. The number of rotatable bonds is 3. The second kappa shape index (κ2) is 5.18. The average Bonchev–Trinajstić information content (AvgIpc) is 2.80. The molecule has 0 aliphatic rings. The van der Waals surface area contributed by atoms with E-state index in [-0.39, 0.29) is 5.56 Å². The summed E-state index contributed by atoms with van der Waals surface area (Å²) in [6.07, 6.45) is 1.33. The van der Waals surface area contributed by atoms with Gasteiger partial charge in [-0.05, 0) is 30.8 Å². The van der Waals surface area contributed by atoms with Crippen LogP contribution in [0.1, 0.15) is 16.1 Å². The monoisotopic (exact) mass is 303 g/mol. The molecule has 5 nitrogen and oxygen atoms in total. The summed E-state index contributed by atoms with van der Waals surface area (Å²) in [5.41, 5.74) is 1.52. The summed E-state index contributed by atoms with van der Waals surface area (Å²) >= 11 is 2.90. The van der Waals surface area contributed by atoms with E-state index in [1.807, 2.05) is 24.3 Å². The van der Waals surface area contributed by atoms with Crippen molar-refractivity contribution in [2.45, 2.75) is 16.4 Å². The molecule has 100 valence electrons. The number of hydrogen-bond acceptors (Lipinski definition) is 6. The predicted molar refractivity (Wildman–Crippen MR) is 77.5 cm³/mol. The van der Waals surface area contributed by atoms with Gasteiger partial charge in [-0.15, -0.1) is 11.3 Å². The third-order valence-corrected chi connectivity index (χ3v) is 4.62. The maximum atomic E-state index is 10.9. The van der Waals surface area contributed by atoms with E-state index in [2.05, 4.69) is 15.0 Å². The molecule has 0 saturated heterocycles. The van der Waals surface area contributed by atoms with E-state index < -0.39 is 5.97 Å². The summed E-state index contributed by atoms with van der Waals surface area (Å²) in [5.74, 6) is -1.01. The Morgan fingerprint density at radius 2 is 2.10 bits per heavy atom. The number of carboxylic acid groups (broad SMARTS) is 1. The number of fused-ring (bicyclic) bond motifs is 1. The summed E-state index contributed by atoms with van der Waals surface area (Å²) in [4.78, 5) is 23.7. The molecule has 2 heterocycles. The second-order valence-electron chi connectivity index (χ2n) is 4.01. The highest BCUT2D eigenvalue weighted by atomic mass is 32.2. The molecule has 20 heavy (non-hydrogen) atoms. The summed E-state index contributed by atoms with van der Waals surface area (Å²) in [6.45, 7) is 1.66. The van der Waals surface area contributed by atoms with Gasteiger partial charge in [-0.1, -0.05) is 12.1 Å². The fourth-order valence-corrected chi connectivity index (χ4v) is 3.62. The lowest BCUT2D eigenvalue weighted by molar-refractivity contribution is 0.0695.